The SMILES string of the molecule is COCCNC(=O)CCNC(=O)C1NCCC1C. The van der Waals surface area contributed by atoms with Gasteiger partial charge in [-0.15, -0.1) is 0 Å². The van der Waals surface area contributed by atoms with Crippen LogP contribution < -0.4 is 16.0 Å². The molecule has 2 atom stereocenters. The van der Waals surface area contributed by atoms with E-state index in [2.05, 4.69) is 22.9 Å². The summed E-state index contributed by atoms with van der Waals surface area (Å²) in [5.41, 5.74) is 0. The van der Waals surface area contributed by atoms with Gasteiger partial charge in [0, 0.05) is 26.6 Å². The zero-order valence-electron chi connectivity index (χ0n) is 11.1. The van der Waals surface area contributed by atoms with E-state index >= 15 is 0 Å². The molecule has 0 spiro atoms. The predicted molar refractivity (Wildman–Crippen MR) is 68.1 cm³/mol. The standard InChI is InChI=1S/C12H23N3O3/c1-9-3-5-14-11(9)12(17)15-6-4-10(16)13-7-8-18-2/h9,11,14H,3-8H2,1-2H3,(H,13,16)(H,15,17). The molecule has 1 aliphatic rings. The van der Waals surface area contributed by atoms with Gasteiger partial charge in [0.15, 0.2) is 0 Å². The molecule has 1 rings (SSSR count). The third-order valence-corrected chi connectivity index (χ3v) is 3.10. The highest BCUT2D eigenvalue weighted by Gasteiger charge is 2.28. The average molecular weight is 257 g/mol. The lowest BCUT2D eigenvalue weighted by Crippen LogP contribution is -2.44. The van der Waals surface area contributed by atoms with E-state index in [4.69, 9.17) is 4.74 Å². The van der Waals surface area contributed by atoms with Gasteiger partial charge in [-0.05, 0) is 18.9 Å². The molecule has 2 amide bonds. The molecule has 1 aliphatic heterocycles. The highest BCUT2D eigenvalue weighted by Crippen LogP contribution is 2.13. The van der Waals surface area contributed by atoms with Crippen molar-refractivity contribution in [1.29, 1.82) is 0 Å². The van der Waals surface area contributed by atoms with Crippen molar-refractivity contribution in [2.45, 2.75) is 25.8 Å². The van der Waals surface area contributed by atoms with Crippen LogP contribution in [0.4, 0.5) is 0 Å². The Morgan fingerprint density at radius 1 is 1.33 bits per heavy atom. The van der Waals surface area contributed by atoms with E-state index in [1.165, 1.54) is 0 Å². The van der Waals surface area contributed by atoms with Crippen LogP contribution in [-0.4, -0.2) is 51.2 Å². The van der Waals surface area contributed by atoms with E-state index in [1.807, 2.05) is 0 Å². The van der Waals surface area contributed by atoms with Gasteiger partial charge < -0.3 is 20.7 Å². The van der Waals surface area contributed by atoms with Gasteiger partial charge in [0.05, 0.1) is 12.6 Å². The molecule has 1 heterocycles. The van der Waals surface area contributed by atoms with E-state index in [1.54, 1.807) is 7.11 Å². The maximum Gasteiger partial charge on any atom is 0.237 e. The topological polar surface area (TPSA) is 79.5 Å². The monoisotopic (exact) mass is 257 g/mol. The van der Waals surface area contributed by atoms with Gasteiger partial charge >= 0.3 is 0 Å². The largest absolute Gasteiger partial charge is 0.383 e. The van der Waals surface area contributed by atoms with Gasteiger partial charge in [-0.1, -0.05) is 6.92 Å². The number of hydrogen-bond acceptors (Lipinski definition) is 4. The van der Waals surface area contributed by atoms with E-state index in [0.29, 0.717) is 32.0 Å². The molecule has 0 aromatic rings. The Kier molecular flexibility index (Phi) is 6.67. The minimum absolute atomic E-state index is 0.00954. The summed E-state index contributed by atoms with van der Waals surface area (Å²) in [6.07, 6.45) is 1.33. The van der Waals surface area contributed by atoms with Crippen LogP contribution in [0.2, 0.25) is 0 Å². The molecule has 104 valence electrons. The second-order valence-electron chi connectivity index (χ2n) is 4.58. The van der Waals surface area contributed by atoms with Gasteiger partial charge in [-0.2, -0.15) is 0 Å². The van der Waals surface area contributed by atoms with Gasteiger partial charge in [0.2, 0.25) is 11.8 Å². The first-order valence-electron chi connectivity index (χ1n) is 6.42. The molecule has 0 radical (unpaired) electrons. The Hall–Kier alpha value is -1.14. The summed E-state index contributed by atoms with van der Waals surface area (Å²) >= 11 is 0. The van der Waals surface area contributed by atoms with Crippen molar-refractivity contribution in [3.8, 4) is 0 Å². The normalized spacial score (nSPS) is 22.8. The maximum absolute atomic E-state index is 11.8. The van der Waals surface area contributed by atoms with E-state index in [9.17, 15) is 9.59 Å². The fraction of sp³-hybridized carbons (Fsp3) is 0.833. The molecule has 18 heavy (non-hydrogen) atoms. The van der Waals surface area contributed by atoms with Crippen LogP contribution in [0.15, 0.2) is 0 Å². The molecule has 0 aliphatic carbocycles. The van der Waals surface area contributed by atoms with E-state index in [-0.39, 0.29) is 17.9 Å². The molecule has 6 nitrogen and oxygen atoms in total. The first-order valence-corrected chi connectivity index (χ1v) is 6.42. The van der Waals surface area contributed by atoms with Crippen LogP contribution in [0.5, 0.6) is 0 Å². The quantitative estimate of drug-likeness (QED) is 0.525. The van der Waals surface area contributed by atoms with Crippen LogP contribution in [0.25, 0.3) is 0 Å². The summed E-state index contributed by atoms with van der Waals surface area (Å²) in [7, 11) is 1.59. The number of rotatable bonds is 7. The first kappa shape index (κ1) is 14.9. The zero-order valence-corrected chi connectivity index (χ0v) is 11.1. The maximum atomic E-state index is 11.8. The second kappa shape index (κ2) is 8.05. The molecule has 1 fully saturated rings. The summed E-state index contributed by atoms with van der Waals surface area (Å²) in [6, 6.07) is -0.110. The number of carbonyl (C=O) groups is 2. The smallest absolute Gasteiger partial charge is 0.237 e. The summed E-state index contributed by atoms with van der Waals surface area (Å²) in [4.78, 5) is 23.1. The lowest BCUT2D eigenvalue weighted by Gasteiger charge is -2.15. The third kappa shape index (κ3) is 5.01. The van der Waals surface area contributed by atoms with Crippen molar-refractivity contribution < 1.29 is 14.3 Å². The fourth-order valence-electron chi connectivity index (χ4n) is 1.98. The molecule has 0 bridgehead atoms. The number of amides is 2. The summed E-state index contributed by atoms with van der Waals surface area (Å²) in [5, 5.41) is 8.64. The Balaban J connectivity index is 2.09. The number of ether oxygens (including phenoxy) is 1. The third-order valence-electron chi connectivity index (χ3n) is 3.10. The molecule has 0 aromatic carbocycles. The van der Waals surface area contributed by atoms with Crippen molar-refractivity contribution >= 4 is 11.8 Å². The Morgan fingerprint density at radius 3 is 2.72 bits per heavy atom. The summed E-state index contributed by atoms with van der Waals surface area (Å²) in [6.45, 7) is 4.33. The Labute approximate surface area is 108 Å². The minimum Gasteiger partial charge on any atom is -0.383 e. The van der Waals surface area contributed by atoms with Crippen molar-refractivity contribution in [2.75, 3.05) is 33.4 Å². The van der Waals surface area contributed by atoms with E-state index < -0.39 is 0 Å². The van der Waals surface area contributed by atoms with Gasteiger partial charge in [-0.25, -0.2) is 0 Å². The molecule has 0 aromatic heterocycles. The molecular formula is C12H23N3O3. The molecule has 6 heteroatoms. The van der Waals surface area contributed by atoms with Crippen LogP contribution in [0.1, 0.15) is 19.8 Å². The molecule has 2 unspecified atom stereocenters. The van der Waals surface area contributed by atoms with Crippen molar-refractivity contribution in [2.24, 2.45) is 5.92 Å². The van der Waals surface area contributed by atoms with Gasteiger partial charge in [0.25, 0.3) is 0 Å². The van der Waals surface area contributed by atoms with Crippen LogP contribution >= 0.6 is 0 Å². The molecular weight excluding hydrogens is 234 g/mol. The van der Waals surface area contributed by atoms with Crippen LogP contribution in [0, 0.1) is 5.92 Å². The van der Waals surface area contributed by atoms with E-state index in [0.717, 1.165) is 13.0 Å². The first-order chi connectivity index (χ1) is 8.65. The number of hydrogen-bond donors (Lipinski definition) is 3. The Morgan fingerprint density at radius 2 is 2.11 bits per heavy atom. The second-order valence-corrected chi connectivity index (χ2v) is 4.58. The lowest BCUT2D eigenvalue weighted by molar-refractivity contribution is -0.124. The van der Waals surface area contributed by atoms with Crippen LogP contribution in [-0.2, 0) is 14.3 Å². The van der Waals surface area contributed by atoms with Gasteiger partial charge in [0.1, 0.15) is 0 Å². The number of nitrogens with one attached hydrogen (secondary N) is 3. The van der Waals surface area contributed by atoms with Crippen molar-refractivity contribution in [1.82, 2.24) is 16.0 Å². The van der Waals surface area contributed by atoms with Crippen molar-refractivity contribution in [3.05, 3.63) is 0 Å². The zero-order chi connectivity index (χ0) is 13.4. The fourth-order valence-corrected chi connectivity index (χ4v) is 1.98. The minimum atomic E-state index is -0.110. The average Bonchev–Trinajstić information content (AvgIpc) is 2.76. The van der Waals surface area contributed by atoms with Crippen LogP contribution in [0.3, 0.4) is 0 Å². The number of methoxy groups -OCH3 is 1. The molecule has 0 saturated carbocycles. The molecule has 1 saturated heterocycles. The number of carbonyl (C=O) groups excluding carboxylic acids is 2. The molecule has 3 N–H and O–H groups in total. The highest BCUT2D eigenvalue weighted by molar-refractivity contribution is 5.83. The Bertz CT molecular complexity index is 284. The lowest BCUT2D eigenvalue weighted by atomic mass is 10.0. The summed E-state index contributed by atoms with van der Waals surface area (Å²) in [5.74, 6) is 0.282. The highest BCUT2D eigenvalue weighted by atomic mass is 16.5. The van der Waals surface area contributed by atoms with Crippen molar-refractivity contribution in [3.63, 3.8) is 0 Å². The van der Waals surface area contributed by atoms with Gasteiger partial charge in [-0.3, -0.25) is 9.59 Å². The predicted octanol–water partition coefficient (Wildman–Crippen LogP) is -0.747. The summed E-state index contributed by atoms with van der Waals surface area (Å²) < 4.78 is 4.82.